The topological polar surface area (TPSA) is 28.7 Å². The average molecular weight is 151 g/mol. The SMILES string of the molecule is CC([Si])[Si]c1ncc[nH]1. The molecule has 1 aromatic rings. The van der Waals surface area contributed by atoms with Crippen LogP contribution < -0.4 is 5.45 Å². The van der Waals surface area contributed by atoms with Crippen LogP contribution in [0.1, 0.15) is 6.92 Å². The van der Waals surface area contributed by atoms with Gasteiger partial charge in [-0.1, -0.05) is 12.1 Å². The van der Waals surface area contributed by atoms with Gasteiger partial charge in [0.25, 0.3) is 0 Å². The standard InChI is InChI=1S/C5H7N2Si2/c1-4(8)9-5-6-2-3-7-5/h2-4H,1H3,(H,6,7). The van der Waals surface area contributed by atoms with E-state index in [0.717, 1.165) is 15.0 Å². The van der Waals surface area contributed by atoms with Crippen molar-refractivity contribution in [3.05, 3.63) is 12.4 Å². The van der Waals surface area contributed by atoms with E-state index in [4.69, 9.17) is 0 Å². The third-order valence-corrected chi connectivity index (χ3v) is 2.26. The van der Waals surface area contributed by atoms with Gasteiger partial charge in [0, 0.05) is 22.6 Å². The highest BCUT2D eigenvalue weighted by Crippen LogP contribution is 1.87. The maximum absolute atomic E-state index is 4.08. The molecule has 0 aliphatic rings. The number of hydrogen-bond donors (Lipinski definition) is 1. The summed E-state index contributed by atoms with van der Waals surface area (Å²) in [5.41, 5.74) is 1.07. The van der Waals surface area contributed by atoms with E-state index in [1.54, 1.807) is 6.20 Å². The molecule has 1 N–H and O–H groups in total. The van der Waals surface area contributed by atoms with Crippen molar-refractivity contribution in [1.29, 1.82) is 0 Å². The number of aromatic nitrogens is 2. The number of imidazole rings is 1. The normalized spacial score (nSPS) is 13.6. The highest BCUT2D eigenvalue weighted by molar-refractivity contribution is 6.60. The Labute approximate surface area is 60.3 Å². The highest BCUT2D eigenvalue weighted by atomic mass is 28.2. The lowest BCUT2D eigenvalue weighted by Crippen LogP contribution is -2.21. The molecule has 0 spiro atoms. The van der Waals surface area contributed by atoms with Gasteiger partial charge in [0.2, 0.25) is 0 Å². The predicted molar refractivity (Wildman–Crippen MR) is 39.2 cm³/mol. The van der Waals surface area contributed by atoms with Crippen LogP contribution in [0.2, 0.25) is 5.16 Å². The number of rotatable bonds is 2. The van der Waals surface area contributed by atoms with E-state index in [-0.39, 0.29) is 0 Å². The van der Waals surface area contributed by atoms with Gasteiger partial charge in [0.05, 0.1) is 5.45 Å². The van der Waals surface area contributed by atoms with Crippen molar-refractivity contribution in [3.8, 4) is 0 Å². The molecular weight excluding hydrogens is 144 g/mol. The summed E-state index contributed by atoms with van der Waals surface area (Å²) in [5.74, 6) is 0. The van der Waals surface area contributed by atoms with E-state index in [9.17, 15) is 0 Å². The molecule has 0 fully saturated rings. The predicted octanol–water partition coefficient (Wildman–Crippen LogP) is -0.326. The molecule has 1 aromatic heterocycles. The molecule has 0 amide bonds. The first-order chi connectivity index (χ1) is 4.29. The number of H-pyrrole nitrogens is 1. The minimum atomic E-state index is 0.524. The second-order valence-corrected chi connectivity index (χ2v) is 4.88. The number of nitrogens with zero attached hydrogens (tertiary/aromatic N) is 1. The molecule has 0 bridgehead atoms. The van der Waals surface area contributed by atoms with Crippen LogP contribution in [0.25, 0.3) is 0 Å². The van der Waals surface area contributed by atoms with Crippen LogP contribution in [0.3, 0.4) is 0 Å². The van der Waals surface area contributed by atoms with Crippen molar-refractivity contribution in [2.75, 3.05) is 0 Å². The molecule has 1 rings (SSSR count). The van der Waals surface area contributed by atoms with E-state index in [1.807, 2.05) is 6.20 Å². The van der Waals surface area contributed by atoms with Gasteiger partial charge in [-0.25, -0.2) is 4.98 Å². The Morgan fingerprint density at radius 2 is 2.67 bits per heavy atom. The van der Waals surface area contributed by atoms with Crippen LogP contribution in [0.15, 0.2) is 12.4 Å². The molecule has 9 heavy (non-hydrogen) atoms. The third kappa shape index (κ3) is 2.15. The van der Waals surface area contributed by atoms with Gasteiger partial charge in [-0.05, 0) is 0 Å². The van der Waals surface area contributed by atoms with Gasteiger partial charge >= 0.3 is 0 Å². The zero-order chi connectivity index (χ0) is 6.69. The molecule has 1 unspecified atom stereocenters. The van der Waals surface area contributed by atoms with Gasteiger partial charge in [-0.3, -0.25) is 0 Å². The van der Waals surface area contributed by atoms with Crippen molar-refractivity contribution < 1.29 is 0 Å². The van der Waals surface area contributed by atoms with Crippen molar-refractivity contribution in [2.24, 2.45) is 0 Å². The van der Waals surface area contributed by atoms with E-state index in [0.29, 0.717) is 5.16 Å². The molecular formula is C5H7N2Si2. The first-order valence-corrected chi connectivity index (χ1v) is 4.41. The Morgan fingerprint density at radius 1 is 1.89 bits per heavy atom. The molecule has 0 saturated carbocycles. The maximum atomic E-state index is 4.08. The van der Waals surface area contributed by atoms with E-state index < -0.39 is 0 Å². The summed E-state index contributed by atoms with van der Waals surface area (Å²) >= 11 is 0. The second-order valence-electron chi connectivity index (χ2n) is 1.80. The van der Waals surface area contributed by atoms with Crippen LogP contribution in [-0.2, 0) is 0 Å². The second kappa shape index (κ2) is 2.98. The van der Waals surface area contributed by atoms with Gasteiger partial charge in [0.15, 0.2) is 0 Å². The fraction of sp³-hybridized carbons (Fsp3) is 0.400. The lowest BCUT2D eigenvalue weighted by Gasteiger charge is -1.95. The number of hydrogen-bond acceptors (Lipinski definition) is 1. The summed E-state index contributed by atoms with van der Waals surface area (Å²) in [7, 11) is 4.23. The number of aromatic amines is 1. The Balaban J connectivity index is 2.48. The van der Waals surface area contributed by atoms with Crippen LogP contribution in [0, 0.1) is 0 Å². The minimum absolute atomic E-state index is 0.524. The van der Waals surface area contributed by atoms with Crippen molar-refractivity contribution in [1.82, 2.24) is 9.97 Å². The zero-order valence-electron chi connectivity index (χ0n) is 5.18. The first kappa shape index (κ1) is 6.76. The summed E-state index contributed by atoms with van der Waals surface area (Å²) in [6.45, 7) is 2.11. The summed E-state index contributed by atoms with van der Waals surface area (Å²) < 4.78 is 0. The van der Waals surface area contributed by atoms with Crippen molar-refractivity contribution in [3.63, 3.8) is 0 Å². The lowest BCUT2D eigenvalue weighted by atomic mass is 10.9. The highest BCUT2D eigenvalue weighted by Gasteiger charge is 1.99. The fourth-order valence-corrected chi connectivity index (χ4v) is 1.69. The quantitative estimate of drug-likeness (QED) is 0.576. The van der Waals surface area contributed by atoms with E-state index >= 15 is 0 Å². The van der Waals surface area contributed by atoms with Gasteiger partial charge < -0.3 is 4.98 Å². The Kier molecular flexibility index (Phi) is 2.24. The van der Waals surface area contributed by atoms with Crippen LogP contribution >= 0.6 is 0 Å². The van der Waals surface area contributed by atoms with Gasteiger partial charge in [-0.2, -0.15) is 0 Å². The van der Waals surface area contributed by atoms with Crippen LogP contribution in [-0.4, -0.2) is 29.7 Å². The summed E-state index contributed by atoms with van der Waals surface area (Å²) in [5, 5.41) is 0.524. The molecule has 0 aromatic carbocycles. The average Bonchev–Trinajstić information content (AvgIpc) is 2.15. The molecule has 2 nitrogen and oxygen atoms in total. The third-order valence-electron chi connectivity index (χ3n) is 0.851. The van der Waals surface area contributed by atoms with E-state index in [1.165, 1.54) is 0 Å². The molecule has 1 atom stereocenters. The summed E-state index contributed by atoms with van der Waals surface area (Å²) in [6.07, 6.45) is 3.62. The smallest absolute Gasteiger partial charge is 0.131 e. The molecule has 45 valence electrons. The van der Waals surface area contributed by atoms with Crippen molar-refractivity contribution >= 4 is 25.2 Å². The monoisotopic (exact) mass is 151 g/mol. The van der Waals surface area contributed by atoms with Crippen molar-refractivity contribution in [2.45, 2.75) is 12.1 Å². The van der Waals surface area contributed by atoms with Crippen LogP contribution in [0.5, 0.6) is 0 Å². The zero-order valence-corrected chi connectivity index (χ0v) is 7.18. The molecule has 0 aliphatic carbocycles. The van der Waals surface area contributed by atoms with E-state index in [2.05, 4.69) is 27.1 Å². The Hall–Kier alpha value is -0.356. The molecule has 4 heteroatoms. The molecule has 0 aliphatic heterocycles. The first-order valence-electron chi connectivity index (χ1n) is 2.76. The summed E-state index contributed by atoms with van der Waals surface area (Å²) in [4.78, 5) is 7.12. The largest absolute Gasteiger partial charge is 0.353 e. The van der Waals surface area contributed by atoms with Crippen LogP contribution in [0.4, 0.5) is 0 Å². The summed E-state index contributed by atoms with van der Waals surface area (Å²) in [6, 6.07) is 0. The molecule has 5 radical (unpaired) electrons. The minimum Gasteiger partial charge on any atom is -0.353 e. The van der Waals surface area contributed by atoms with Gasteiger partial charge in [-0.15, -0.1) is 0 Å². The number of nitrogens with one attached hydrogen (secondary N) is 1. The Bertz CT molecular complexity index is 159. The lowest BCUT2D eigenvalue weighted by molar-refractivity contribution is 1.31. The fourth-order valence-electron chi connectivity index (χ4n) is 0.549. The maximum Gasteiger partial charge on any atom is 0.131 e. The molecule has 0 saturated heterocycles. The molecule has 1 heterocycles. The van der Waals surface area contributed by atoms with Gasteiger partial charge in [0.1, 0.15) is 9.52 Å². The Morgan fingerprint density at radius 3 is 3.11 bits per heavy atom.